The average molecular weight is 626 g/mol. The highest BCUT2D eigenvalue weighted by atomic mass is 19.4. The number of methoxy groups -OCH3 is 1. The second-order valence-corrected chi connectivity index (χ2v) is 11.8. The molecule has 2 aliphatic rings. The molecule has 0 N–H and O–H groups in total. The van der Waals surface area contributed by atoms with Gasteiger partial charge < -0.3 is 14.4 Å². The summed E-state index contributed by atoms with van der Waals surface area (Å²) < 4.78 is 92.1. The molecule has 0 aromatic heterocycles. The Morgan fingerprint density at radius 3 is 2.23 bits per heavy atom. The first-order valence-corrected chi connectivity index (χ1v) is 14.3. The lowest BCUT2D eigenvalue weighted by Crippen LogP contribution is -2.56. The number of carbonyl (C=O) groups excluding carboxylic acids is 1. The second kappa shape index (κ2) is 13.4. The zero-order chi connectivity index (χ0) is 32.3. The monoisotopic (exact) mass is 625 g/mol. The number of alkyl halides is 6. The molecule has 2 heterocycles. The smallest absolute Gasteiger partial charge is 0.416 e. The maximum Gasteiger partial charge on any atom is 0.416 e. The summed E-state index contributed by atoms with van der Waals surface area (Å²) in [5.41, 5.74) is -2.10. The SMILES string of the molecule is COc1ccc(CC2CN(CC#CCN3CCOCC3(C)C)CCN2C(=O)c2cc(C(F)(F)F)cc(C(F)(F)F)c2)cc1C. The summed E-state index contributed by atoms with van der Waals surface area (Å²) in [6.07, 6.45) is -9.76. The first-order chi connectivity index (χ1) is 20.6. The molecule has 1 unspecified atom stereocenters. The topological polar surface area (TPSA) is 45.2 Å². The molecule has 6 nitrogen and oxygen atoms in total. The number of amides is 1. The summed E-state index contributed by atoms with van der Waals surface area (Å²) in [5, 5.41) is 0. The number of rotatable bonds is 6. The molecular formula is C32H37F6N3O3. The van der Waals surface area contributed by atoms with Gasteiger partial charge in [0.15, 0.2) is 0 Å². The Balaban J connectivity index is 1.57. The van der Waals surface area contributed by atoms with Crippen LogP contribution in [0.5, 0.6) is 5.75 Å². The summed E-state index contributed by atoms with van der Waals surface area (Å²) in [5.74, 6) is 6.21. The average Bonchev–Trinajstić information content (AvgIpc) is 2.94. The highest BCUT2D eigenvalue weighted by Crippen LogP contribution is 2.37. The molecule has 2 fully saturated rings. The van der Waals surface area contributed by atoms with Gasteiger partial charge in [-0.1, -0.05) is 24.0 Å². The highest BCUT2D eigenvalue weighted by molar-refractivity contribution is 5.95. The van der Waals surface area contributed by atoms with E-state index < -0.39 is 41.0 Å². The molecule has 4 rings (SSSR count). The van der Waals surface area contributed by atoms with Gasteiger partial charge in [0.2, 0.25) is 0 Å². The van der Waals surface area contributed by atoms with E-state index in [1.807, 2.05) is 19.1 Å². The fourth-order valence-electron chi connectivity index (χ4n) is 5.59. The predicted octanol–water partition coefficient (Wildman–Crippen LogP) is 5.52. The fourth-order valence-corrected chi connectivity index (χ4v) is 5.59. The van der Waals surface area contributed by atoms with Crippen LogP contribution in [0.1, 0.15) is 46.5 Å². The molecule has 240 valence electrons. The van der Waals surface area contributed by atoms with E-state index in [2.05, 4.69) is 35.5 Å². The van der Waals surface area contributed by atoms with Crippen molar-refractivity contribution in [3.8, 4) is 17.6 Å². The maximum absolute atomic E-state index is 13.6. The van der Waals surface area contributed by atoms with Gasteiger partial charge in [-0.3, -0.25) is 14.6 Å². The van der Waals surface area contributed by atoms with Crippen LogP contribution in [0.25, 0.3) is 0 Å². The predicted molar refractivity (Wildman–Crippen MR) is 153 cm³/mol. The van der Waals surface area contributed by atoms with Crippen LogP contribution in [0.4, 0.5) is 26.3 Å². The van der Waals surface area contributed by atoms with Crippen molar-refractivity contribution >= 4 is 5.91 Å². The van der Waals surface area contributed by atoms with E-state index in [1.54, 1.807) is 13.2 Å². The van der Waals surface area contributed by atoms with Gasteiger partial charge in [-0.15, -0.1) is 0 Å². The molecule has 0 spiro atoms. The van der Waals surface area contributed by atoms with Crippen molar-refractivity contribution in [3.05, 3.63) is 64.2 Å². The largest absolute Gasteiger partial charge is 0.496 e. The van der Waals surface area contributed by atoms with Crippen LogP contribution < -0.4 is 4.74 Å². The standard InChI is InChI=1S/C32H37F6N3O3/c1-22-15-23(7-8-28(22)43-4)16-27-20-39(9-5-6-10-40-13-14-44-21-30(40,2)3)11-12-41(27)29(42)24-17-25(31(33,34)35)19-26(18-24)32(36,37)38/h7-8,15,17-19,27H,9-14,16,20-21H2,1-4H3. The number of morpholine rings is 1. The number of aryl methyl sites for hydroxylation is 1. The van der Waals surface area contributed by atoms with Crippen molar-refractivity contribution in [2.45, 2.75) is 51.1 Å². The fraction of sp³-hybridized carbons (Fsp3) is 0.531. The third-order valence-electron chi connectivity index (χ3n) is 8.11. The Labute approximate surface area is 253 Å². The van der Waals surface area contributed by atoms with Gasteiger partial charge in [0.05, 0.1) is 44.5 Å². The number of ether oxygens (including phenoxy) is 2. The van der Waals surface area contributed by atoms with E-state index in [9.17, 15) is 31.1 Å². The molecule has 1 atom stereocenters. The third kappa shape index (κ3) is 8.25. The number of hydrogen-bond acceptors (Lipinski definition) is 5. The minimum Gasteiger partial charge on any atom is -0.496 e. The van der Waals surface area contributed by atoms with Gasteiger partial charge in [0.1, 0.15) is 5.75 Å². The third-order valence-corrected chi connectivity index (χ3v) is 8.11. The number of piperazine rings is 1. The van der Waals surface area contributed by atoms with E-state index >= 15 is 0 Å². The summed E-state index contributed by atoms with van der Waals surface area (Å²) >= 11 is 0. The molecule has 0 saturated carbocycles. The lowest BCUT2D eigenvalue weighted by atomic mass is 9.98. The Morgan fingerprint density at radius 1 is 0.977 bits per heavy atom. The quantitative estimate of drug-likeness (QED) is 0.313. The van der Waals surface area contributed by atoms with Crippen LogP contribution in [0.15, 0.2) is 36.4 Å². The normalized spacial score (nSPS) is 19.8. The van der Waals surface area contributed by atoms with Gasteiger partial charge in [0, 0.05) is 43.3 Å². The molecule has 2 aromatic carbocycles. The lowest BCUT2D eigenvalue weighted by Gasteiger charge is -2.41. The first kappa shape index (κ1) is 33.6. The van der Waals surface area contributed by atoms with Crippen LogP contribution in [-0.2, 0) is 23.5 Å². The van der Waals surface area contributed by atoms with Crippen molar-refractivity contribution in [1.82, 2.24) is 14.7 Å². The minimum absolute atomic E-state index is 0.0308. The summed E-state index contributed by atoms with van der Waals surface area (Å²) in [6, 6.07) is 6.03. The zero-order valence-corrected chi connectivity index (χ0v) is 25.2. The van der Waals surface area contributed by atoms with Crippen molar-refractivity contribution in [2.24, 2.45) is 0 Å². The molecular weight excluding hydrogens is 588 g/mol. The van der Waals surface area contributed by atoms with Crippen LogP contribution in [0, 0.1) is 18.8 Å². The number of benzene rings is 2. The summed E-state index contributed by atoms with van der Waals surface area (Å²) in [4.78, 5) is 19.3. The van der Waals surface area contributed by atoms with Crippen molar-refractivity contribution < 1.29 is 40.6 Å². The Bertz CT molecular complexity index is 1360. The van der Waals surface area contributed by atoms with Crippen molar-refractivity contribution in [1.29, 1.82) is 0 Å². The molecule has 2 aromatic rings. The van der Waals surface area contributed by atoms with E-state index in [4.69, 9.17) is 9.47 Å². The van der Waals surface area contributed by atoms with Crippen LogP contribution >= 0.6 is 0 Å². The summed E-state index contributed by atoms with van der Waals surface area (Å²) in [7, 11) is 1.55. The van der Waals surface area contributed by atoms with Gasteiger partial charge in [0.25, 0.3) is 5.91 Å². The van der Waals surface area contributed by atoms with E-state index in [0.717, 1.165) is 17.7 Å². The van der Waals surface area contributed by atoms with Crippen LogP contribution in [-0.4, -0.2) is 91.8 Å². The molecule has 2 aliphatic heterocycles. The van der Waals surface area contributed by atoms with Crippen LogP contribution in [0.2, 0.25) is 0 Å². The van der Waals surface area contributed by atoms with Gasteiger partial charge >= 0.3 is 12.4 Å². The Morgan fingerprint density at radius 2 is 1.64 bits per heavy atom. The van der Waals surface area contributed by atoms with E-state index in [-0.39, 0.29) is 18.2 Å². The Hall–Kier alpha value is -3.27. The highest BCUT2D eigenvalue weighted by Gasteiger charge is 2.39. The zero-order valence-electron chi connectivity index (χ0n) is 25.2. The molecule has 1 amide bonds. The Kier molecular flexibility index (Phi) is 10.2. The van der Waals surface area contributed by atoms with Gasteiger partial charge in [-0.05, 0) is 62.6 Å². The molecule has 12 heteroatoms. The number of nitrogens with zero attached hydrogens (tertiary/aromatic N) is 3. The van der Waals surface area contributed by atoms with Gasteiger partial charge in [-0.2, -0.15) is 26.3 Å². The molecule has 44 heavy (non-hydrogen) atoms. The lowest BCUT2D eigenvalue weighted by molar-refractivity contribution is -0.143. The van der Waals surface area contributed by atoms with Gasteiger partial charge in [-0.25, -0.2) is 0 Å². The molecule has 2 saturated heterocycles. The van der Waals surface area contributed by atoms with E-state index in [0.29, 0.717) is 63.7 Å². The second-order valence-electron chi connectivity index (χ2n) is 11.8. The minimum atomic E-state index is -5.05. The summed E-state index contributed by atoms with van der Waals surface area (Å²) in [6.45, 7) is 9.91. The number of carbonyl (C=O) groups is 1. The maximum atomic E-state index is 13.6. The van der Waals surface area contributed by atoms with Crippen molar-refractivity contribution in [3.63, 3.8) is 0 Å². The van der Waals surface area contributed by atoms with Crippen LogP contribution in [0.3, 0.4) is 0 Å². The number of hydrogen-bond donors (Lipinski definition) is 0. The van der Waals surface area contributed by atoms with Crippen molar-refractivity contribution in [2.75, 3.05) is 59.6 Å². The molecule has 0 aliphatic carbocycles. The van der Waals surface area contributed by atoms with E-state index in [1.165, 1.54) is 4.90 Å². The molecule has 0 radical (unpaired) electrons. The molecule has 0 bridgehead atoms. The first-order valence-electron chi connectivity index (χ1n) is 14.3. The number of halogens is 6.